The number of para-hydroxylation sites is 1. The minimum absolute atomic E-state index is 0.0731. The number of urea groups is 1. The highest BCUT2D eigenvalue weighted by molar-refractivity contribution is 5.89. The van der Waals surface area contributed by atoms with Crippen molar-refractivity contribution in [3.63, 3.8) is 0 Å². The van der Waals surface area contributed by atoms with Crippen molar-refractivity contribution in [2.45, 2.75) is 76.8 Å². The smallest absolute Gasteiger partial charge is 0.319 e. The summed E-state index contributed by atoms with van der Waals surface area (Å²) in [6.07, 6.45) is 0.870. The van der Waals surface area contributed by atoms with Gasteiger partial charge in [-0.25, -0.2) is 4.79 Å². The Morgan fingerprint density at radius 1 is 0.778 bits per heavy atom. The number of hydrogen-bond donors (Lipinski definition) is 3. The Morgan fingerprint density at radius 2 is 1.28 bits per heavy atom. The molecule has 4 nitrogen and oxygen atoms in total. The third kappa shape index (κ3) is 6.36. The maximum atomic E-state index is 12.6. The molecule has 0 spiro atoms. The van der Waals surface area contributed by atoms with Crippen molar-refractivity contribution in [2.75, 3.05) is 11.9 Å². The van der Waals surface area contributed by atoms with Crippen LogP contribution in [0.5, 0.6) is 0 Å². The predicted molar refractivity (Wildman–Crippen MR) is 151 cm³/mol. The van der Waals surface area contributed by atoms with E-state index in [1.54, 1.807) is 0 Å². The highest BCUT2D eigenvalue weighted by Crippen LogP contribution is 2.35. The highest BCUT2D eigenvalue weighted by Gasteiger charge is 2.33. The van der Waals surface area contributed by atoms with Crippen LogP contribution in [0, 0.1) is 0 Å². The van der Waals surface area contributed by atoms with Crippen LogP contribution in [0.25, 0.3) is 0 Å². The van der Waals surface area contributed by atoms with E-state index < -0.39 is 0 Å². The molecular formula is C32H41N3O. The van der Waals surface area contributed by atoms with E-state index in [0.29, 0.717) is 0 Å². The second-order valence-corrected chi connectivity index (χ2v) is 12.1. The minimum atomic E-state index is -0.158. The first-order chi connectivity index (χ1) is 17.0. The Kier molecular flexibility index (Phi) is 7.56. The number of anilines is 1. The molecule has 3 aromatic rings. The molecule has 36 heavy (non-hydrogen) atoms. The topological polar surface area (TPSA) is 53.2 Å². The summed E-state index contributed by atoms with van der Waals surface area (Å²) in [6, 6.07) is 27.9. The Morgan fingerprint density at radius 3 is 1.75 bits per heavy atom. The molecule has 1 aliphatic heterocycles. The van der Waals surface area contributed by atoms with Gasteiger partial charge >= 0.3 is 6.03 Å². The third-order valence-electron chi connectivity index (χ3n) is 7.21. The fourth-order valence-electron chi connectivity index (χ4n) is 5.04. The number of rotatable bonds is 5. The Hall–Kier alpha value is -3.11. The van der Waals surface area contributed by atoms with Crippen LogP contribution in [0.1, 0.15) is 76.1 Å². The summed E-state index contributed by atoms with van der Waals surface area (Å²) in [7, 11) is 0. The lowest BCUT2D eigenvalue weighted by Gasteiger charge is -2.27. The number of carbonyl (C=O) groups is 1. The quantitative estimate of drug-likeness (QED) is 0.367. The van der Waals surface area contributed by atoms with Gasteiger partial charge in [-0.3, -0.25) is 0 Å². The van der Waals surface area contributed by atoms with Crippen molar-refractivity contribution in [1.29, 1.82) is 0 Å². The summed E-state index contributed by atoms with van der Waals surface area (Å²) in [6.45, 7) is 14.3. The first-order valence-corrected chi connectivity index (χ1v) is 13.1. The number of carbonyl (C=O) groups excluding carboxylic acids is 1. The van der Waals surface area contributed by atoms with E-state index in [-0.39, 0.29) is 34.9 Å². The summed E-state index contributed by atoms with van der Waals surface area (Å²) >= 11 is 0. The molecule has 2 amide bonds. The Bertz CT molecular complexity index is 1080. The summed E-state index contributed by atoms with van der Waals surface area (Å²) in [5, 5.41) is 9.82. The molecule has 0 aromatic heterocycles. The van der Waals surface area contributed by atoms with Gasteiger partial charge in [0, 0.05) is 30.2 Å². The second-order valence-electron chi connectivity index (χ2n) is 12.1. The highest BCUT2D eigenvalue weighted by atomic mass is 16.2. The van der Waals surface area contributed by atoms with E-state index in [4.69, 9.17) is 0 Å². The van der Waals surface area contributed by atoms with Crippen LogP contribution in [0.4, 0.5) is 10.5 Å². The van der Waals surface area contributed by atoms with E-state index >= 15 is 0 Å². The molecule has 4 heteroatoms. The zero-order chi connectivity index (χ0) is 25.9. The average molecular weight is 484 g/mol. The SMILES string of the molecule is CC(C)(C)c1ccc(C(c2ccc(C(C)(C)C)cc2)[C@H]2C[C@@H](NC(=O)Nc3ccccc3)CN2)cc1. The summed E-state index contributed by atoms with van der Waals surface area (Å²) in [4.78, 5) is 12.6. The molecule has 1 fully saturated rings. The molecule has 0 aliphatic carbocycles. The average Bonchev–Trinajstić information content (AvgIpc) is 3.27. The van der Waals surface area contributed by atoms with E-state index in [2.05, 4.69) is 106 Å². The first kappa shape index (κ1) is 26.0. The molecular weight excluding hydrogens is 442 g/mol. The number of amides is 2. The van der Waals surface area contributed by atoms with Gasteiger partial charge in [0.2, 0.25) is 0 Å². The van der Waals surface area contributed by atoms with Gasteiger partial charge in [0.05, 0.1) is 0 Å². The maximum Gasteiger partial charge on any atom is 0.319 e. The van der Waals surface area contributed by atoms with E-state index in [1.807, 2.05) is 30.3 Å². The molecule has 190 valence electrons. The van der Waals surface area contributed by atoms with E-state index in [1.165, 1.54) is 22.3 Å². The van der Waals surface area contributed by atoms with Gasteiger partial charge in [-0.05, 0) is 51.6 Å². The fourth-order valence-corrected chi connectivity index (χ4v) is 5.04. The maximum absolute atomic E-state index is 12.6. The van der Waals surface area contributed by atoms with Crippen LogP contribution in [0.3, 0.4) is 0 Å². The summed E-state index contributed by atoms with van der Waals surface area (Å²) in [5.74, 6) is 0.206. The molecule has 3 aromatic carbocycles. The lowest BCUT2D eigenvalue weighted by atomic mass is 9.80. The zero-order valence-corrected chi connectivity index (χ0v) is 22.6. The van der Waals surface area contributed by atoms with Crippen LogP contribution in [0.2, 0.25) is 0 Å². The number of benzene rings is 3. The molecule has 0 radical (unpaired) electrons. The third-order valence-corrected chi connectivity index (χ3v) is 7.21. The number of hydrogen-bond acceptors (Lipinski definition) is 2. The molecule has 0 bridgehead atoms. The van der Waals surface area contributed by atoms with Crippen LogP contribution in [-0.2, 0) is 10.8 Å². The minimum Gasteiger partial charge on any atom is -0.334 e. The monoisotopic (exact) mass is 483 g/mol. The standard InChI is InChI=1S/C32H41N3O/c1-31(2,3)24-16-12-22(13-17-24)29(23-14-18-25(19-15-23)32(4,5)6)28-20-27(21-33-28)35-30(36)34-26-10-8-7-9-11-26/h7-19,27-29,33H,20-21H2,1-6H3,(H2,34,35,36)/t27-,28-/m1/s1. The van der Waals surface area contributed by atoms with Crippen LogP contribution < -0.4 is 16.0 Å². The van der Waals surface area contributed by atoms with Gasteiger partial charge in [0.25, 0.3) is 0 Å². The van der Waals surface area contributed by atoms with Crippen molar-refractivity contribution >= 4 is 11.7 Å². The largest absolute Gasteiger partial charge is 0.334 e. The van der Waals surface area contributed by atoms with Gasteiger partial charge in [-0.2, -0.15) is 0 Å². The predicted octanol–water partition coefficient (Wildman–Crippen LogP) is 6.97. The van der Waals surface area contributed by atoms with Crippen LogP contribution >= 0.6 is 0 Å². The van der Waals surface area contributed by atoms with E-state index in [0.717, 1.165) is 18.7 Å². The lowest BCUT2D eigenvalue weighted by Crippen LogP contribution is -2.39. The van der Waals surface area contributed by atoms with Gasteiger partial charge < -0.3 is 16.0 Å². The van der Waals surface area contributed by atoms with E-state index in [9.17, 15) is 4.79 Å². The van der Waals surface area contributed by atoms with Crippen LogP contribution in [-0.4, -0.2) is 24.7 Å². The van der Waals surface area contributed by atoms with Gasteiger partial charge in [-0.15, -0.1) is 0 Å². The van der Waals surface area contributed by atoms with Gasteiger partial charge in [0.1, 0.15) is 0 Å². The molecule has 0 saturated carbocycles. The van der Waals surface area contributed by atoms with Gasteiger partial charge in [-0.1, -0.05) is 108 Å². The number of nitrogens with one attached hydrogen (secondary N) is 3. The Balaban J connectivity index is 1.54. The normalized spacial score (nSPS) is 18.3. The molecule has 1 heterocycles. The molecule has 1 saturated heterocycles. The first-order valence-electron chi connectivity index (χ1n) is 13.1. The molecule has 3 N–H and O–H groups in total. The second kappa shape index (κ2) is 10.5. The van der Waals surface area contributed by atoms with Crippen molar-refractivity contribution in [2.24, 2.45) is 0 Å². The van der Waals surface area contributed by atoms with Crippen molar-refractivity contribution < 1.29 is 4.79 Å². The summed E-state index contributed by atoms with van der Waals surface area (Å²) < 4.78 is 0. The van der Waals surface area contributed by atoms with Crippen molar-refractivity contribution in [1.82, 2.24) is 10.6 Å². The summed E-state index contributed by atoms with van der Waals surface area (Å²) in [5.41, 5.74) is 6.32. The zero-order valence-electron chi connectivity index (χ0n) is 22.6. The molecule has 1 aliphatic rings. The lowest BCUT2D eigenvalue weighted by molar-refractivity contribution is 0.249. The molecule has 0 unspecified atom stereocenters. The van der Waals surface area contributed by atoms with Gasteiger partial charge in [0.15, 0.2) is 0 Å². The fraction of sp³-hybridized carbons (Fsp3) is 0.406. The molecule has 4 rings (SSSR count). The van der Waals surface area contributed by atoms with Crippen LogP contribution in [0.15, 0.2) is 78.9 Å². The van der Waals surface area contributed by atoms with Crippen molar-refractivity contribution in [3.05, 3.63) is 101 Å². The molecule has 2 atom stereocenters. The van der Waals surface area contributed by atoms with Crippen molar-refractivity contribution in [3.8, 4) is 0 Å². The Labute approximate surface area is 216 Å².